The summed E-state index contributed by atoms with van der Waals surface area (Å²) in [4.78, 5) is 0. The summed E-state index contributed by atoms with van der Waals surface area (Å²) in [6, 6.07) is 0. The lowest BCUT2D eigenvalue weighted by Crippen LogP contribution is -2.28. The molecule has 0 amide bonds. The van der Waals surface area contributed by atoms with Gasteiger partial charge in [-0.15, -0.1) is 0 Å². The zero-order valence-corrected chi connectivity index (χ0v) is 11.1. The van der Waals surface area contributed by atoms with Gasteiger partial charge in [-0.25, -0.2) is 0 Å². The smallest absolute Gasteiger partial charge is 0.0707 e. The Hall–Kier alpha value is -0.120. The lowest BCUT2D eigenvalue weighted by Gasteiger charge is -2.22. The fourth-order valence-electron chi connectivity index (χ4n) is 1.93. The van der Waals surface area contributed by atoms with Crippen LogP contribution >= 0.6 is 0 Å². The van der Waals surface area contributed by atoms with Crippen molar-refractivity contribution < 1.29 is 9.47 Å². The van der Waals surface area contributed by atoms with E-state index in [-0.39, 0.29) is 5.60 Å². The molecule has 0 saturated carbocycles. The van der Waals surface area contributed by atoms with Crippen LogP contribution in [0, 0.1) is 5.92 Å². The van der Waals surface area contributed by atoms with Gasteiger partial charge in [0.2, 0.25) is 0 Å². The number of hydrogen-bond donors (Lipinski definition) is 1. The average Bonchev–Trinajstić information content (AvgIpc) is 2.23. The highest BCUT2D eigenvalue weighted by Crippen LogP contribution is 2.15. The number of ether oxygens (including phenoxy) is 2. The van der Waals surface area contributed by atoms with Crippen LogP contribution in [-0.2, 0) is 9.47 Å². The van der Waals surface area contributed by atoms with Crippen LogP contribution in [0.25, 0.3) is 0 Å². The van der Waals surface area contributed by atoms with Gasteiger partial charge in [-0.2, -0.15) is 0 Å². The molecule has 0 aromatic heterocycles. The number of piperidine rings is 1. The van der Waals surface area contributed by atoms with Gasteiger partial charge in [-0.3, -0.25) is 0 Å². The van der Waals surface area contributed by atoms with Crippen molar-refractivity contribution in [3.63, 3.8) is 0 Å². The predicted molar refractivity (Wildman–Crippen MR) is 66.7 cm³/mol. The topological polar surface area (TPSA) is 30.5 Å². The molecule has 96 valence electrons. The molecule has 0 aromatic carbocycles. The summed E-state index contributed by atoms with van der Waals surface area (Å²) in [6.45, 7) is 10.9. The first-order valence-electron chi connectivity index (χ1n) is 6.50. The van der Waals surface area contributed by atoms with Crippen LogP contribution in [0.4, 0.5) is 0 Å². The molecule has 0 radical (unpaired) electrons. The van der Waals surface area contributed by atoms with E-state index in [1.165, 1.54) is 32.4 Å². The van der Waals surface area contributed by atoms with E-state index < -0.39 is 0 Å². The number of rotatable bonds is 6. The minimum Gasteiger partial charge on any atom is -0.379 e. The van der Waals surface area contributed by atoms with Gasteiger partial charge in [0.1, 0.15) is 0 Å². The fraction of sp³-hybridized carbons (Fsp3) is 1.00. The predicted octanol–water partition coefficient (Wildman–Crippen LogP) is 2.21. The van der Waals surface area contributed by atoms with Gasteiger partial charge in [0.25, 0.3) is 0 Å². The second kappa shape index (κ2) is 7.25. The van der Waals surface area contributed by atoms with Gasteiger partial charge in [-0.1, -0.05) is 0 Å². The minimum absolute atomic E-state index is 0.0433. The van der Waals surface area contributed by atoms with Crippen LogP contribution in [0.5, 0.6) is 0 Å². The summed E-state index contributed by atoms with van der Waals surface area (Å²) in [5.41, 5.74) is -0.0433. The van der Waals surface area contributed by atoms with Gasteiger partial charge < -0.3 is 14.8 Å². The fourth-order valence-corrected chi connectivity index (χ4v) is 1.93. The average molecular weight is 229 g/mol. The molecule has 0 aliphatic carbocycles. The Balaban J connectivity index is 1.87. The van der Waals surface area contributed by atoms with E-state index in [0.717, 1.165) is 19.1 Å². The maximum atomic E-state index is 5.59. The third kappa shape index (κ3) is 7.20. The van der Waals surface area contributed by atoms with Gasteiger partial charge in [0.15, 0.2) is 0 Å². The van der Waals surface area contributed by atoms with Gasteiger partial charge in [0.05, 0.1) is 18.8 Å². The van der Waals surface area contributed by atoms with Crippen LogP contribution in [0.3, 0.4) is 0 Å². The Morgan fingerprint density at radius 2 is 1.75 bits per heavy atom. The molecular formula is C13H27NO2. The van der Waals surface area contributed by atoms with Crippen molar-refractivity contribution in [3.05, 3.63) is 0 Å². The Morgan fingerprint density at radius 1 is 1.06 bits per heavy atom. The quantitative estimate of drug-likeness (QED) is 0.708. The second-order valence-corrected chi connectivity index (χ2v) is 5.56. The first-order chi connectivity index (χ1) is 7.58. The lowest BCUT2D eigenvalue weighted by molar-refractivity contribution is -0.0364. The summed E-state index contributed by atoms with van der Waals surface area (Å²) in [5.74, 6) is 0.866. The first kappa shape index (κ1) is 13.9. The molecule has 3 heteroatoms. The largest absolute Gasteiger partial charge is 0.379 e. The molecule has 0 aromatic rings. The summed E-state index contributed by atoms with van der Waals surface area (Å²) in [7, 11) is 0. The molecule has 1 fully saturated rings. The molecule has 1 saturated heterocycles. The molecule has 1 N–H and O–H groups in total. The molecule has 0 unspecified atom stereocenters. The van der Waals surface area contributed by atoms with Crippen molar-refractivity contribution in [2.24, 2.45) is 5.92 Å². The molecule has 16 heavy (non-hydrogen) atoms. The van der Waals surface area contributed by atoms with Crippen LogP contribution in [-0.4, -0.2) is 38.5 Å². The van der Waals surface area contributed by atoms with E-state index >= 15 is 0 Å². The summed E-state index contributed by atoms with van der Waals surface area (Å²) < 4.78 is 11.2. The second-order valence-electron chi connectivity index (χ2n) is 5.56. The zero-order valence-electron chi connectivity index (χ0n) is 11.1. The van der Waals surface area contributed by atoms with Crippen molar-refractivity contribution in [3.8, 4) is 0 Å². The van der Waals surface area contributed by atoms with E-state index in [2.05, 4.69) is 26.1 Å². The number of nitrogens with one attached hydrogen (secondary N) is 1. The molecule has 0 bridgehead atoms. The monoisotopic (exact) mass is 229 g/mol. The van der Waals surface area contributed by atoms with Gasteiger partial charge in [0, 0.05) is 6.61 Å². The molecule has 0 atom stereocenters. The third-order valence-electron chi connectivity index (χ3n) is 2.89. The van der Waals surface area contributed by atoms with E-state index in [4.69, 9.17) is 9.47 Å². The van der Waals surface area contributed by atoms with Crippen LogP contribution in [0.2, 0.25) is 0 Å². The molecule has 1 rings (SSSR count). The minimum atomic E-state index is -0.0433. The Kier molecular flexibility index (Phi) is 6.32. The molecule has 1 heterocycles. The Bertz CT molecular complexity index is 171. The van der Waals surface area contributed by atoms with Crippen molar-refractivity contribution in [1.29, 1.82) is 0 Å². The molecular weight excluding hydrogens is 202 g/mol. The summed E-state index contributed by atoms with van der Waals surface area (Å²) in [5, 5.41) is 3.38. The van der Waals surface area contributed by atoms with E-state index in [9.17, 15) is 0 Å². The van der Waals surface area contributed by atoms with Crippen molar-refractivity contribution in [2.45, 2.75) is 45.6 Å². The van der Waals surface area contributed by atoms with Crippen LogP contribution < -0.4 is 5.32 Å². The van der Waals surface area contributed by atoms with E-state index in [0.29, 0.717) is 6.61 Å². The Morgan fingerprint density at radius 3 is 2.38 bits per heavy atom. The van der Waals surface area contributed by atoms with Crippen LogP contribution in [0.1, 0.15) is 40.0 Å². The standard InChI is InChI=1S/C13H27NO2/c1-13(2,3)16-11-10-15-9-6-12-4-7-14-8-5-12/h12,14H,4-11H2,1-3H3. The van der Waals surface area contributed by atoms with Crippen LogP contribution in [0.15, 0.2) is 0 Å². The highest BCUT2D eigenvalue weighted by Gasteiger charge is 2.12. The van der Waals surface area contributed by atoms with E-state index in [1.807, 2.05) is 0 Å². The summed E-state index contributed by atoms with van der Waals surface area (Å²) >= 11 is 0. The zero-order chi connectivity index (χ0) is 11.9. The van der Waals surface area contributed by atoms with Crippen molar-refractivity contribution in [1.82, 2.24) is 5.32 Å². The van der Waals surface area contributed by atoms with Crippen molar-refractivity contribution in [2.75, 3.05) is 32.9 Å². The third-order valence-corrected chi connectivity index (χ3v) is 2.89. The highest BCUT2D eigenvalue weighted by atomic mass is 16.5. The maximum Gasteiger partial charge on any atom is 0.0707 e. The molecule has 0 spiro atoms. The normalized spacial score (nSPS) is 18.9. The van der Waals surface area contributed by atoms with Gasteiger partial charge >= 0.3 is 0 Å². The first-order valence-corrected chi connectivity index (χ1v) is 6.50. The lowest BCUT2D eigenvalue weighted by atomic mass is 9.95. The molecule has 1 aliphatic heterocycles. The van der Waals surface area contributed by atoms with Gasteiger partial charge in [-0.05, 0) is 59.0 Å². The Labute approximate surface area is 99.9 Å². The maximum absolute atomic E-state index is 5.59. The number of hydrogen-bond acceptors (Lipinski definition) is 3. The summed E-state index contributed by atoms with van der Waals surface area (Å²) in [6.07, 6.45) is 3.82. The SMILES string of the molecule is CC(C)(C)OCCOCCC1CCNCC1. The highest BCUT2D eigenvalue weighted by molar-refractivity contribution is 4.68. The molecule has 3 nitrogen and oxygen atoms in total. The van der Waals surface area contributed by atoms with E-state index in [1.54, 1.807) is 0 Å². The van der Waals surface area contributed by atoms with Crippen molar-refractivity contribution >= 4 is 0 Å². The molecule has 1 aliphatic rings.